The average Bonchev–Trinajstić information content (AvgIpc) is 3.29. The lowest BCUT2D eigenvalue weighted by Gasteiger charge is -2.15. The largest absolute Gasteiger partial charge is 0.440 e. The van der Waals surface area contributed by atoms with Gasteiger partial charge in [-0.05, 0) is 25.3 Å². The van der Waals surface area contributed by atoms with Gasteiger partial charge in [-0.3, -0.25) is 4.68 Å². The van der Waals surface area contributed by atoms with Crippen LogP contribution in [0.1, 0.15) is 25.3 Å². The molecule has 3 aromatic rings. The van der Waals surface area contributed by atoms with Crippen molar-refractivity contribution in [2.45, 2.75) is 37.5 Å². The Labute approximate surface area is 144 Å². The summed E-state index contributed by atoms with van der Waals surface area (Å²) in [4.78, 5) is 19.9. The fourth-order valence-corrected chi connectivity index (χ4v) is 3.37. The van der Waals surface area contributed by atoms with E-state index < -0.39 is 18.9 Å². The third-order valence-corrected chi connectivity index (χ3v) is 4.46. The fraction of sp³-hybridized carbons (Fsp3) is 0.467. The van der Waals surface area contributed by atoms with Crippen LogP contribution in [0, 0.1) is 0 Å². The number of pyridine rings is 1. The number of alkyl carbamates (subject to hydrolysis) is 1. The highest BCUT2D eigenvalue weighted by atomic mass is 19.4. The van der Waals surface area contributed by atoms with Crippen molar-refractivity contribution in [2.24, 2.45) is 0 Å². The maximum atomic E-state index is 12.1. The number of aromatic amines is 1. The zero-order valence-electron chi connectivity index (χ0n) is 13.5. The normalized spacial score (nSPS) is 20.7. The summed E-state index contributed by atoms with van der Waals surface area (Å²) in [5, 5.41) is 10.6. The van der Waals surface area contributed by atoms with E-state index in [1.807, 2.05) is 10.7 Å². The lowest BCUT2D eigenvalue weighted by Crippen LogP contribution is -2.35. The first-order valence-corrected chi connectivity index (χ1v) is 8.07. The summed E-state index contributed by atoms with van der Waals surface area (Å²) >= 11 is 0. The monoisotopic (exact) mass is 368 g/mol. The average molecular weight is 368 g/mol. The third-order valence-electron chi connectivity index (χ3n) is 4.46. The summed E-state index contributed by atoms with van der Waals surface area (Å²) in [6.45, 7) is -1.59. The molecular formula is C15H15F3N6O2. The second kappa shape index (κ2) is 6.15. The predicted octanol–water partition coefficient (Wildman–Crippen LogP) is 2.69. The number of carbonyl (C=O) groups excluding carboxylic acids is 1. The Balaban J connectivity index is 1.47. The highest BCUT2D eigenvalue weighted by Crippen LogP contribution is 2.33. The first-order valence-electron chi connectivity index (χ1n) is 8.07. The minimum atomic E-state index is -4.53. The van der Waals surface area contributed by atoms with Crippen molar-refractivity contribution < 1.29 is 22.7 Å². The van der Waals surface area contributed by atoms with E-state index >= 15 is 0 Å². The molecule has 2 N–H and O–H groups in total. The number of hydrogen-bond acceptors (Lipinski definition) is 5. The molecule has 1 fully saturated rings. The standard InChI is InChI=1S/C15H15F3N6O2/c16-15(17,18)7-26-14(25)21-8-1-2-9(5-8)24-12-10-3-4-19-13(10)20-6-11(12)22-23-24/h3-4,6,8-9,23H,1-2,5,7H2,(H,21,25)/t8-,9-/m0/s1. The van der Waals surface area contributed by atoms with Crippen LogP contribution in [0.25, 0.3) is 22.1 Å². The van der Waals surface area contributed by atoms with E-state index in [0.717, 1.165) is 17.3 Å². The zero-order valence-corrected chi connectivity index (χ0v) is 13.5. The molecule has 0 spiro atoms. The second-order valence-corrected chi connectivity index (χ2v) is 6.26. The molecule has 138 valence electrons. The van der Waals surface area contributed by atoms with E-state index in [4.69, 9.17) is 0 Å². The highest BCUT2D eigenvalue weighted by Gasteiger charge is 2.32. The number of alkyl halides is 3. The molecular weight excluding hydrogens is 353 g/mol. The van der Waals surface area contributed by atoms with Crippen molar-refractivity contribution >= 4 is 28.2 Å². The number of ether oxygens (including phenoxy) is 1. The van der Waals surface area contributed by atoms with Crippen LogP contribution in [0.5, 0.6) is 0 Å². The summed E-state index contributed by atoms with van der Waals surface area (Å²) < 4.78 is 42.4. The molecule has 0 radical (unpaired) electrons. The van der Waals surface area contributed by atoms with Gasteiger partial charge in [-0.25, -0.2) is 20.0 Å². The van der Waals surface area contributed by atoms with Crippen LogP contribution in [0.15, 0.2) is 18.5 Å². The van der Waals surface area contributed by atoms with Crippen molar-refractivity contribution in [3.05, 3.63) is 18.5 Å². The molecule has 1 saturated carbocycles. The lowest BCUT2D eigenvalue weighted by molar-refractivity contribution is -0.160. The Kier molecular flexibility index (Phi) is 3.93. The molecule has 3 heterocycles. The molecule has 0 unspecified atom stereocenters. The first kappa shape index (κ1) is 16.6. The van der Waals surface area contributed by atoms with E-state index in [1.165, 1.54) is 0 Å². The van der Waals surface area contributed by atoms with Crippen molar-refractivity contribution in [2.75, 3.05) is 6.61 Å². The maximum absolute atomic E-state index is 12.1. The molecule has 1 aliphatic rings. The van der Waals surface area contributed by atoms with Gasteiger partial charge in [-0.15, -0.1) is 0 Å². The third kappa shape index (κ3) is 3.16. The van der Waals surface area contributed by atoms with Crippen LogP contribution < -0.4 is 5.32 Å². The van der Waals surface area contributed by atoms with Crippen molar-refractivity contribution in [3.63, 3.8) is 0 Å². The SMILES string of the molecule is O=C(N[C@H]1CC[C@H](n2[nH]nc3cnc4nccc4c32)C1)OCC(F)(F)F. The molecule has 0 aliphatic heterocycles. The molecule has 0 saturated heterocycles. The molecule has 3 aromatic heterocycles. The summed E-state index contributed by atoms with van der Waals surface area (Å²) in [7, 11) is 0. The summed E-state index contributed by atoms with van der Waals surface area (Å²) in [6.07, 6.45) is -0.356. The van der Waals surface area contributed by atoms with E-state index in [0.29, 0.717) is 24.0 Å². The van der Waals surface area contributed by atoms with Gasteiger partial charge in [0, 0.05) is 17.6 Å². The maximum Gasteiger partial charge on any atom is 0.422 e. The smallest absolute Gasteiger partial charge is 0.422 e. The van der Waals surface area contributed by atoms with Gasteiger partial charge in [0.2, 0.25) is 0 Å². The van der Waals surface area contributed by atoms with Gasteiger partial charge < -0.3 is 10.1 Å². The Hall–Kier alpha value is -2.85. The fourth-order valence-electron chi connectivity index (χ4n) is 3.37. The van der Waals surface area contributed by atoms with Crippen molar-refractivity contribution in [1.82, 2.24) is 30.3 Å². The molecule has 1 amide bonds. The van der Waals surface area contributed by atoms with Crippen LogP contribution in [0.2, 0.25) is 0 Å². The lowest BCUT2D eigenvalue weighted by atomic mass is 10.2. The van der Waals surface area contributed by atoms with Gasteiger partial charge in [-0.1, -0.05) is 0 Å². The Bertz CT molecular complexity index is 950. The number of hydrogen-bond donors (Lipinski definition) is 2. The number of carbonyl (C=O) groups is 1. The number of fused-ring (bicyclic) bond motifs is 3. The number of halogens is 3. The van der Waals surface area contributed by atoms with Gasteiger partial charge in [0.15, 0.2) is 12.3 Å². The number of amides is 1. The van der Waals surface area contributed by atoms with E-state index in [9.17, 15) is 18.0 Å². The molecule has 4 rings (SSSR count). The molecule has 0 bridgehead atoms. The Morgan fingerprint density at radius 3 is 3.04 bits per heavy atom. The van der Waals surface area contributed by atoms with Crippen LogP contribution in [0.4, 0.5) is 18.0 Å². The van der Waals surface area contributed by atoms with Crippen molar-refractivity contribution in [1.29, 1.82) is 0 Å². The Morgan fingerprint density at radius 2 is 2.23 bits per heavy atom. The summed E-state index contributed by atoms with van der Waals surface area (Å²) in [5.74, 6) is 0. The zero-order chi connectivity index (χ0) is 18.3. The second-order valence-electron chi connectivity index (χ2n) is 6.26. The predicted molar refractivity (Wildman–Crippen MR) is 84.4 cm³/mol. The quantitative estimate of drug-likeness (QED) is 0.741. The molecule has 0 aromatic carbocycles. The number of aromatic nitrogens is 5. The van der Waals surface area contributed by atoms with Gasteiger partial charge >= 0.3 is 12.3 Å². The first-order chi connectivity index (χ1) is 12.4. The molecule has 2 atom stereocenters. The Morgan fingerprint density at radius 1 is 1.38 bits per heavy atom. The van der Waals surface area contributed by atoms with Crippen LogP contribution in [-0.4, -0.2) is 49.9 Å². The van der Waals surface area contributed by atoms with Crippen LogP contribution >= 0.6 is 0 Å². The van der Waals surface area contributed by atoms with Crippen LogP contribution in [-0.2, 0) is 4.74 Å². The summed E-state index contributed by atoms with van der Waals surface area (Å²) in [5.41, 5.74) is 2.19. The number of nitrogens with zero attached hydrogens (tertiary/aromatic N) is 4. The van der Waals surface area contributed by atoms with Gasteiger partial charge in [0.05, 0.1) is 17.8 Å². The van der Waals surface area contributed by atoms with Gasteiger partial charge in [0.25, 0.3) is 0 Å². The summed E-state index contributed by atoms with van der Waals surface area (Å²) in [6, 6.07) is 1.62. The molecule has 8 nitrogen and oxygen atoms in total. The number of H-pyrrole nitrogens is 1. The number of rotatable bonds is 3. The van der Waals surface area contributed by atoms with Crippen molar-refractivity contribution in [3.8, 4) is 0 Å². The minimum Gasteiger partial charge on any atom is -0.440 e. The molecule has 11 heteroatoms. The van der Waals surface area contributed by atoms with E-state index in [2.05, 4.69) is 30.3 Å². The minimum absolute atomic E-state index is 0.0217. The van der Waals surface area contributed by atoms with Gasteiger partial charge in [0.1, 0.15) is 5.52 Å². The highest BCUT2D eigenvalue weighted by molar-refractivity contribution is 6.00. The topological polar surface area (TPSA) is 97.7 Å². The van der Waals surface area contributed by atoms with E-state index in [1.54, 1.807) is 12.4 Å². The molecule has 1 aliphatic carbocycles. The van der Waals surface area contributed by atoms with Gasteiger partial charge in [-0.2, -0.15) is 18.3 Å². The number of nitrogens with one attached hydrogen (secondary N) is 2. The van der Waals surface area contributed by atoms with E-state index in [-0.39, 0.29) is 12.1 Å². The van der Waals surface area contributed by atoms with Crippen LogP contribution in [0.3, 0.4) is 0 Å². The molecule has 26 heavy (non-hydrogen) atoms.